The number of hydrogen-bond donors (Lipinski definition) is 2. The lowest BCUT2D eigenvalue weighted by molar-refractivity contribution is -0.913. The Kier molecular flexibility index (Phi) is 5.00. The Morgan fingerprint density at radius 1 is 1.17 bits per heavy atom. The van der Waals surface area contributed by atoms with Crippen LogP contribution in [0.15, 0.2) is 42.5 Å². The second-order valence-electron chi connectivity index (χ2n) is 8.06. The minimum atomic E-state index is -1.08. The van der Waals surface area contributed by atoms with Gasteiger partial charge < -0.3 is 15.0 Å². The lowest BCUT2D eigenvalue weighted by Gasteiger charge is -2.30. The molecular weight excluding hydrogens is 370 g/mol. The lowest BCUT2D eigenvalue weighted by atomic mass is 9.90. The molecule has 0 aromatic heterocycles. The van der Waals surface area contributed by atoms with Gasteiger partial charge in [0.1, 0.15) is 5.54 Å². The van der Waals surface area contributed by atoms with Crippen LogP contribution >= 0.6 is 0 Å². The number of benzene rings is 2. The minimum Gasteiger partial charge on any atom is -0.469 e. The SMILES string of the molecule is COC(=O)C1CC[NH+](CN2C(=O)N[C@@](C)(c3ccc4ccccc4c3)C2=O)CC1. The number of rotatable bonds is 4. The van der Waals surface area contributed by atoms with Gasteiger partial charge in [0.2, 0.25) is 0 Å². The van der Waals surface area contributed by atoms with Crippen molar-refractivity contribution < 1.29 is 24.0 Å². The van der Waals surface area contributed by atoms with Gasteiger partial charge in [-0.2, -0.15) is 0 Å². The number of fused-ring (bicyclic) bond motifs is 1. The zero-order valence-electron chi connectivity index (χ0n) is 16.7. The van der Waals surface area contributed by atoms with Crippen molar-refractivity contribution in [2.45, 2.75) is 25.3 Å². The number of piperidine rings is 1. The van der Waals surface area contributed by atoms with Gasteiger partial charge in [-0.3, -0.25) is 9.59 Å². The van der Waals surface area contributed by atoms with Crippen LogP contribution in [0.3, 0.4) is 0 Å². The molecule has 0 spiro atoms. The number of methoxy groups -OCH3 is 1. The maximum absolute atomic E-state index is 13.2. The molecule has 2 aliphatic heterocycles. The highest BCUT2D eigenvalue weighted by Crippen LogP contribution is 2.30. The fraction of sp³-hybridized carbons (Fsp3) is 0.409. The Bertz CT molecular complexity index is 967. The number of likely N-dealkylation sites (tertiary alicyclic amines) is 1. The molecule has 2 N–H and O–H groups in total. The molecule has 4 rings (SSSR count). The first kappa shape index (κ1) is 19.4. The Labute approximate surface area is 169 Å². The predicted molar refractivity (Wildman–Crippen MR) is 107 cm³/mol. The third-order valence-electron chi connectivity index (χ3n) is 6.21. The monoisotopic (exact) mass is 396 g/mol. The molecule has 2 fully saturated rings. The summed E-state index contributed by atoms with van der Waals surface area (Å²) in [7, 11) is 1.41. The van der Waals surface area contributed by atoms with Gasteiger partial charge >= 0.3 is 12.0 Å². The molecule has 2 aromatic carbocycles. The van der Waals surface area contributed by atoms with Gasteiger partial charge in [-0.25, -0.2) is 9.69 Å². The summed E-state index contributed by atoms with van der Waals surface area (Å²) < 4.78 is 4.82. The molecule has 0 unspecified atom stereocenters. The molecule has 2 aromatic rings. The first-order valence-electron chi connectivity index (χ1n) is 9.97. The van der Waals surface area contributed by atoms with Crippen molar-refractivity contribution in [3.8, 4) is 0 Å². The fourth-order valence-corrected chi connectivity index (χ4v) is 4.35. The van der Waals surface area contributed by atoms with Crippen LogP contribution in [0.5, 0.6) is 0 Å². The van der Waals surface area contributed by atoms with Crippen LogP contribution in [-0.2, 0) is 19.9 Å². The van der Waals surface area contributed by atoms with Gasteiger partial charge in [0.05, 0.1) is 26.1 Å². The van der Waals surface area contributed by atoms with Crippen LogP contribution in [0.4, 0.5) is 4.79 Å². The minimum absolute atomic E-state index is 0.0882. The maximum atomic E-state index is 13.2. The summed E-state index contributed by atoms with van der Waals surface area (Å²) in [6.45, 7) is 3.52. The van der Waals surface area contributed by atoms with Crippen molar-refractivity contribution in [2.24, 2.45) is 5.92 Å². The highest BCUT2D eigenvalue weighted by atomic mass is 16.5. The maximum Gasteiger partial charge on any atom is 0.329 e. The van der Waals surface area contributed by atoms with Crippen molar-refractivity contribution in [2.75, 3.05) is 26.9 Å². The van der Waals surface area contributed by atoms with Crippen LogP contribution in [-0.4, -0.2) is 49.7 Å². The normalized spacial score (nSPS) is 27.2. The van der Waals surface area contributed by atoms with Crippen LogP contribution < -0.4 is 10.2 Å². The molecule has 2 heterocycles. The first-order valence-corrected chi connectivity index (χ1v) is 9.97. The number of carbonyl (C=O) groups is 3. The summed E-state index contributed by atoms with van der Waals surface area (Å²) in [5.41, 5.74) is -0.304. The molecule has 0 bridgehead atoms. The Hall–Kier alpha value is -2.93. The number of urea groups is 1. The second kappa shape index (κ2) is 7.48. The Morgan fingerprint density at radius 3 is 2.55 bits per heavy atom. The largest absolute Gasteiger partial charge is 0.469 e. The number of quaternary nitrogens is 1. The van der Waals surface area contributed by atoms with E-state index in [1.54, 1.807) is 6.92 Å². The number of ether oxygens (including phenoxy) is 1. The van der Waals surface area contributed by atoms with Gasteiger partial charge in [-0.1, -0.05) is 36.4 Å². The number of amides is 3. The van der Waals surface area contributed by atoms with E-state index < -0.39 is 5.54 Å². The molecule has 29 heavy (non-hydrogen) atoms. The van der Waals surface area contributed by atoms with Crippen molar-refractivity contribution in [3.05, 3.63) is 48.0 Å². The van der Waals surface area contributed by atoms with Crippen molar-refractivity contribution in [1.82, 2.24) is 10.2 Å². The number of esters is 1. The van der Waals surface area contributed by atoms with E-state index in [1.807, 2.05) is 42.5 Å². The van der Waals surface area contributed by atoms with E-state index in [0.29, 0.717) is 19.5 Å². The summed E-state index contributed by atoms with van der Waals surface area (Å²) in [6.07, 6.45) is 1.40. The van der Waals surface area contributed by atoms with Gasteiger partial charge in [-0.15, -0.1) is 0 Å². The number of carbonyl (C=O) groups excluding carboxylic acids is 3. The average molecular weight is 396 g/mol. The van der Waals surface area contributed by atoms with E-state index in [0.717, 1.165) is 34.3 Å². The molecule has 0 radical (unpaired) electrons. The van der Waals surface area contributed by atoms with E-state index in [2.05, 4.69) is 5.32 Å². The van der Waals surface area contributed by atoms with Crippen LogP contribution in [0, 0.1) is 5.92 Å². The van der Waals surface area contributed by atoms with Gasteiger partial charge in [0.25, 0.3) is 5.91 Å². The van der Waals surface area contributed by atoms with Crippen LogP contribution in [0.1, 0.15) is 25.3 Å². The van der Waals surface area contributed by atoms with Gasteiger partial charge in [0, 0.05) is 12.8 Å². The number of nitrogens with zero attached hydrogens (tertiary/aromatic N) is 1. The van der Waals surface area contributed by atoms with E-state index in [9.17, 15) is 14.4 Å². The quantitative estimate of drug-likeness (QED) is 0.598. The van der Waals surface area contributed by atoms with E-state index in [4.69, 9.17) is 4.74 Å². The Balaban J connectivity index is 1.49. The highest BCUT2D eigenvalue weighted by Gasteiger charge is 2.50. The first-order chi connectivity index (χ1) is 13.9. The summed E-state index contributed by atoms with van der Waals surface area (Å²) >= 11 is 0. The summed E-state index contributed by atoms with van der Waals surface area (Å²) in [6, 6.07) is 13.4. The molecule has 152 valence electrons. The molecule has 2 saturated heterocycles. The number of nitrogens with one attached hydrogen (secondary N) is 2. The molecule has 2 aliphatic rings. The van der Waals surface area contributed by atoms with Crippen molar-refractivity contribution >= 4 is 28.7 Å². The summed E-state index contributed by atoms with van der Waals surface area (Å²) in [5, 5.41) is 5.01. The molecule has 7 nitrogen and oxygen atoms in total. The number of imide groups is 1. The predicted octanol–water partition coefficient (Wildman–Crippen LogP) is 1.03. The Morgan fingerprint density at radius 2 is 1.86 bits per heavy atom. The molecule has 1 atom stereocenters. The molecule has 3 amide bonds. The van der Waals surface area contributed by atoms with Crippen molar-refractivity contribution in [3.63, 3.8) is 0 Å². The highest BCUT2D eigenvalue weighted by molar-refractivity contribution is 6.07. The van der Waals surface area contributed by atoms with Crippen LogP contribution in [0.25, 0.3) is 10.8 Å². The molecular formula is C22H26N3O4+. The fourth-order valence-electron chi connectivity index (χ4n) is 4.35. The van der Waals surface area contributed by atoms with Gasteiger partial charge in [0.15, 0.2) is 6.67 Å². The van der Waals surface area contributed by atoms with Crippen molar-refractivity contribution in [1.29, 1.82) is 0 Å². The van der Waals surface area contributed by atoms with E-state index in [1.165, 1.54) is 12.0 Å². The zero-order valence-corrected chi connectivity index (χ0v) is 16.7. The average Bonchev–Trinajstić information content (AvgIpc) is 2.97. The van der Waals surface area contributed by atoms with E-state index >= 15 is 0 Å². The lowest BCUT2D eigenvalue weighted by Crippen LogP contribution is -3.14. The van der Waals surface area contributed by atoms with E-state index in [-0.39, 0.29) is 23.8 Å². The number of hydrogen-bond acceptors (Lipinski definition) is 4. The third kappa shape index (κ3) is 3.46. The summed E-state index contributed by atoms with van der Waals surface area (Å²) in [5.74, 6) is -0.502. The smallest absolute Gasteiger partial charge is 0.329 e. The topological polar surface area (TPSA) is 80.2 Å². The standard InChI is InChI=1S/C22H25N3O4/c1-22(18-8-7-15-5-3-4-6-17(15)13-18)20(27)25(21(28)23-22)14-24-11-9-16(10-12-24)19(26)29-2/h3-8,13,16H,9-12,14H2,1-2H3,(H,23,28)/p+1/t22-/m0/s1. The molecule has 0 aliphatic carbocycles. The van der Waals surface area contributed by atoms with Gasteiger partial charge in [-0.05, 0) is 29.3 Å². The van der Waals surface area contributed by atoms with Crippen LogP contribution in [0.2, 0.25) is 0 Å². The second-order valence-corrected chi connectivity index (χ2v) is 8.06. The summed E-state index contributed by atoms with van der Waals surface area (Å²) in [4.78, 5) is 40.0. The molecule has 0 saturated carbocycles. The molecule has 7 heteroatoms. The third-order valence-corrected chi connectivity index (χ3v) is 6.21. The zero-order chi connectivity index (χ0) is 20.6.